The third kappa shape index (κ3) is 1.47. The van der Waals surface area contributed by atoms with Crippen LogP contribution in [0.1, 0.15) is 25.7 Å². The molecule has 69 valence electrons. The highest BCUT2D eigenvalue weighted by atomic mass is 19.2. The van der Waals surface area contributed by atoms with Gasteiger partial charge in [0.15, 0.2) is 0 Å². The molecule has 1 saturated carbocycles. The van der Waals surface area contributed by atoms with Crippen molar-refractivity contribution < 1.29 is 8.78 Å². The Morgan fingerprint density at radius 3 is 2.00 bits per heavy atom. The van der Waals surface area contributed by atoms with Crippen LogP contribution in [0, 0.1) is 6.04 Å². The van der Waals surface area contributed by atoms with Gasteiger partial charge in [-0.15, -0.1) is 0 Å². The van der Waals surface area contributed by atoms with E-state index in [9.17, 15) is 8.78 Å². The van der Waals surface area contributed by atoms with Crippen molar-refractivity contribution in [2.75, 3.05) is 13.1 Å². The lowest BCUT2D eigenvalue weighted by Crippen LogP contribution is -2.25. The van der Waals surface area contributed by atoms with Gasteiger partial charge in [0, 0.05) is 19.1 Å². The fourth-order valence-electron chi connectivity index (χ4n) is 2.08. The van der Waals surface area contributed by atoms with E-state index in [0.29, 0.717) is 0 Å². The van der Waals surface area contributed by atoms with Crippen LogP contribution in [-0.2, 0) is 0 Å². The van der Waals surface area contributed by atoms with Crippen LogP contribution in [0.15, 0.2) is 0 Å². The van der Waals surface area contributed by atoms with Crippen LogP contribution in [0.5, 0.6) is 0 Å². The lowest BCUT2D eigenvalue weighted by molar-refractivity contribution is 0.217. The molecule has 1 radical (unpaired) electrons. The van der Waals surface area contributed by atoms with Crippen LogP contribution in [0.2, 0.25) is 0 Å². The summed E-state index contributed by atoms with van der Waals surface area (Å²) in [6, 6.07) is 1.28. The quantitative estimate of drug-likeness (QED) is 0.588. The van der Waals surface area contributed by atoms with E-state index in [0.717, 1.165) is 12.8 Å². The number of nitrogens with zero attached hydrogens (tertiary/aromatic N) is 1. The second kappa shape index (κ2) is 3.29. The molecule has 0 spiro atoms. The zero-order chi connectivity index (χ0) is 8.55. The molecule has 3 heteroatoms. The molecule has 0 aromatic heterocycles. The Kier molecular flexibility index (Phi) is 2.31. The van der Waals surface area contributed by atoms with Crippen LogP contribution in [-0.4, -0.2) is 30.3 Å². The predicted molar refractivity (Wildman–Crippen MR) is 43.1 cm³/mol. The van der Waals surface area contributed by atoms with Gasteiger partial charge >= 0.3 is 0 Å². The summed E-state index contributed by atoms with van der Waals surface area (Å²) in [5, 5.41) is 0. The molecule has 0 amide bonds. The molecule has 1 nitrogen and oxygen atoms in total. The third-order valence-corrected chi connectivity index (χ3v) is 2.81. The van der Waals surface area contributed by atoms with E-state index >= 15 is 0 Å². The standard InChI is InChI=1S/C9H14F2N/c10-8-5-12(6-9(8)11)7-3-1-2-4-7/h8-9H,1-6H2/t8-,9+. The number of hydrogen-bond acceptors (Lipinski definition) is 1. The van der Waals surface area contributed by atoms with Crippen molar-refractivity contribution in [3.05, 3.63) is 6.04 Å². The fraction of sp³-hybridized carbons (Fsp3) is 0.889. The predicted octanol–water partition coefficient (Wildman–Crippen LogP) is 2.08. The molecule has 1 aliphatic heterocycles. The molecule has 12 heavy (non-hydrogen) atoms. The first-order chi connectivity index (χ1) is 5.77. The first-order valence-corrected chi connectivity index (χ1v) is 4.65. The van der Waals surface area contributed by atoms with Gasteiger partial charge in [0.2, 0.25) is 0 Å². The Balaban J connectivity index is 1.89. The normalized spacial score (nSPS) is 39.5. The van der Waals surface area contributed by atoms with Gasteiger partial charge in [0.25, 0.3) is 0 Å². The summed E-state index contributed by atoms with van der Waals surface area (Å²) in [6.45, 7) is 0.576. The molecule has 0 N–H and O–H groups in total. The highest BCUT2D eigenvalue weighted by Crippen LogP contribution is 2.33. The highest BCUT2D eigenvalue weighted by molar-refractivity contribution is 5.00. The van der Waals surface area contributed by atoms with Crippen LogP contribution in [0.4, 0.5) is 8.78 Å². The second-order valence-corrected chi connectivity index (χ2v) is 3.71. The third-order valence-electron chi connectivity index (χ3n) is 2.81. The molecule has 0 unspecified atom stereocenters. The molecule has 1 aliphatic carbocycles. The number of rotatable bonds is 1. The summed E-state index contributed by atoms with van der Waals surface area (Å²) < 4.78 is 25.6. The Morgan fingerprint density at radius 1 is 1.00 bits per heavy atom. The van der Waals surface area contributed by atoms with Crippen molar-refractivity contribution in [1.82, 2.24) is 4.90 Å². The molecule has 2 fully saturated rings. The van der Waals surface area contributed by atoms with Gasteiger partial charge < -0.3 is 0 Å². The van der Waals surface area contributed by atoms with Gasteiger partial charge in [-0.2, -0.15) is 0 Å². The average molecular weight is 174 g/mol. The monoisotopic (exact) mass is 174 g/mol. The first-order valence-electron chi connectivity index (χ1n) is 4.65. The zero-order valence-electron chi connectivity index (χ0n) is 7.10. The highest BCUT2D eigenvalue weighted by Gasteiger charge is 2.37. The number of hydrogen-bond donors (Lipinski definition) is 0. The van der Waals surface area contributed by atoms with E-state index in [1.807, 2.05) is 4.90 Å². The topological polar surface area (TPSA) is 3.24 Å². The second-order valence-electron chi connectivity index (χ2n) is 3.71. The molecular formula is C9H14F2N. The van der Waals surface area contributed by atoms with Crippen LogP contribution < -0.4 is 0 Å². The zero-order valence-corrected chi connectivity index (χ0v) is 7.10. The molecule has 2 aliphatic rings. The summed E-state index contributed by atoms with van der Waals surface area (Å²) in [5.74, 6) is 0. The van der Waals surface area contributed by atoms with Crippen molar-refractivity contribution in [3.8, 4) is 0 Å². The van der Waals surface area contributed by atoms with Gasteiger partial charge in [-0.05, 0) is 12.8 Å². The molecule has 0 aromatic carbocycles. The Hall–Kier alpha value is -0.180. The van der Waals surface area contributed by atoms with Gasteiger partial charge in [-0.25, -0.2) is 8.78 Å². The van der Waals surface area contributed by atoms with E-state index in [1.54, 1.807) is 0 Å². The first kappa shape index (κ1) is 8.42. The maximum absolute atomic E-state index is 12.8. The number of alkyl halides is 2. The van der Waals surface area contributed by atoms with E-state index in [2.05, 4.69) is 0 Å². The van der Waals surface area contributed by atoms with Gasteiger partial charge in [-0.3, -0.25) is 4.90 Å². The number of halogens is 2. The molecule has 1 saturated heterocycles. The molecule has 1 heterocycles. The van der Waals surface area contributed by atoms with Crippen LogP contribution in [0.25, 0.3) is 0 Å². The molecule has 2 rings (SSSR count). The van der Waals surface area contributed by atoms with E-state index < -0.39 is 12.3 Å². The fourth-order valence-corrected chi connectivity index (χ4v) is 2.08. The van der Waals surface area contributed by atoms with Gasteiger partial charge in [0.1, 0.15) is 12.3 Å². The smallest absolute Gasteiger partial charge is 0.145 e. The van der Waals surface area contributed by atoms with E-state index in [-0.39, 0.29) is 13.1 Å². The maximum atomic E-state index is 12.8. The Morgan fingerprint density at radius 2 is 1.50 bits per heavy atom. The average Bonchev–Trinajstić information content (AvgIpc) is 2.61. The van der Waals surface area contributed by atoms with E-state index in [4.69, 9.17) is 0 Å². The summed E-state index contributed by atoms with van der Waals surface area (Å²) in [6.07, 6.45) is 1.99. The van der Waals surface area contributed by atoms with Gasteiger partial charge in [-0.1, -0.05) is 12.8 Å². The Labute approximate surface area is 71.7 Å². The summed E-state index contributed by atoms with van der Waals surface area (Å²) >= 11 is 0. The van der Waals surface area contributed by atoms with E-state index in [1.165, 1.54) is 18.9 Å². The van der Waals surface area contributed by atoms with Crippen molar-refractivity contribution in [3.63, 3.8) is 0 Å². The lowest BCUT2D eigenvalue weighted by atomic mass is 10.2. The number of likely N-dealkylation sites (tertiary alicyclic amines) is 1. The molecule has 2 atom stereocenters. The molecular weight excluding hydrogens is 160 g/mol. The van der Waals surface area contributed by atoms with Crippen molar-refractivity contribution in [2.24, 2.45) is 0 Å². The van der Waals surface area contributed by atoms with Gasteiger partial charge in [0.05, 0.1) is 0 Å². The maximum Gasteiger partial charge on any atom is 0.145 e. The molecule has 0 bridgehead atoms. The molecule has 0 aromatic rings. The lowest BCUT2D eigenvalue weighted by Gasteiger charge is -2.20. The summed E-state index contributed by atoms with van der Waals surface area (Å²) in [4.78, 5) is 1.91. The largest absolute Gasteiger partial charge is 0.290 e. The van der Waals surface area contributed by atoms with Crippen LogP contribution in [0.3, 0.4) is 0 Å². The van der Waals surface area contributed by atoms with Crippen molar-refractivity contribution in [2.45, 2.75) is 38.0 Å². The van der Waals surface area contributed by atoms with Crippen molar-refractivity contribution >= 4 is 0 Å². The van der Waals surface area contributed by atoms with Crippen LogP contribution >= 0.6 is 0 Å². The summed E-state index contributed by atoms with van der Waals surface area (Å²) in [5.41, 5.74) is 0. The Bertz CT molecular complexity index is 147. The SMILES string of the molecule is F[C@@H]1CN([C]2CCCC2)C[C@@H]1F. The minimum absolute atomic E-state index is 0.288. The minimum atomic E-state index is -1.25. The summed E-state index contributed by atoms with van der Waals surface area (Å²) in [7, 11) is 0. The minimum Gasteiger partial charge on any atom is -0.290 e. The van der Waals surface area contributed by atoms with Crippen molar-refractivity contribution in [1.29, 1.82) is 0 Å².